The largest absolute Gasteiger partial charge is 0.394 e. The van der Waals surface area contributed by atoms with Crippen LogP contribution in [0.15, 0.2) is 9.59 Å². The van der Waals surface area contributed by atoms with Crippen molar-refractivity contribution >= 4 is 0 Å². The van der Waals surface area contributed by atoms with E-state index in [2.05, 4.69) is 5.10 Å². The number of aliphatic hydroxyl groups excluding tert-OH is 2. The van der Waals surface area contributed by atoms with Crippen LogP contribution >= 0.6 is 0 Å². The summed E-state index contributed by atoms with van der Waals surface area (Å²) < 4.78 is 42.6. The molecule has 21 heavy (non-hydrogen) atoms. The van der Waals surface area contributed by atoms with Crippen LogP contribution in [0.2, 0.25) is 0 Å². The fourth-order valence-electron chi connectivity index (χ4n) is 1.98. The second-order valence-corrected chi connectivity index (χ2v) is 4.56. The van der Waals surface area contributed by atoms with Gasteiger partial charge in [0.05, 0.1) is 19.1 Å². The van der Waals surface area contributed by atoms with Crippen LogP contribution in [0, 0.1) is 0 Å². The highest BCUT2D eigenvalue weighted by Crippen LogP contribution is 2.26. The third-order valence-corrected chi connectivity index (χ3v) is 2.94. The van der Waals surface area contributed by atoms with Crippen molar-refractivity contribution < 1.29 is 28.1 Å². The lowest BCUT2D eigenvalue weighted by atomic mass is 10.2. The maximum atomic E-state index is 12.3. The lowest BCUT2D eigenvalue weighted by Crippen LogP contribution is -2.38. The lowest BCUT2D eigenvalue weighted by Gasteiger charge is -2.14. The third kappa shape index (κ3) is 3.49. The number of hydrogen-bond donors (Lipinski definition) is 3. The summed E-state index contributed by atoms with van der Waals surface area (Å²) in [7, 11) is 0. The van der Waals surface area contributed by atoms with E-state index in [0.29, 0.717) is 4.68 Å². The van der Waals surface area contributed by atoms with Gasteiger partial charge in [0.15, 0.2) is 6.23 Å². The normalized spacial score (nSPS) is 26.2. The van der Waals surface area contributed by atoms with E-state index in [1.54, 1.807) is 4.98 Å². The van der Waals surface area contributed by atoms with Gasteiger partial charge < -0.3 is 14.9 Å². The Morgan fingerprint density at radius 1 is 1.43 bits per heavy atom. The second kappa shape index (κ2) is 5.58. The Morgan fingerprint density at radius 2 is 2.10 bits per heavy atom. The number of nitrogens with one attached hydrogen (secondary N) is 1. The number of aliphatic hydroxyl groups is 2. The molecule has 0 spiro atoms. The molecule has 0 bridgehead atoms. The van der Waals surface area contributed by atoms with Gasteiger partial charge >= 0.3 is 11.9 Å². The fraction of sp³-hybridized carbons (Fsp3) is 0.700. The van der Waals surface area contributed by atoms with Crippen LogP contribution < -0.4 is 11.2 Å². The Balaban J connectivity index is 2.35. The van der Waals surface area contributed by atoms with E-state index in [9.17, 15) is 27.9 Å². The summed E-state index contributed by atoms with van der Waals surface area (Å²) in [5, 5.41) is 21.8. The molecule has 8 nitrogen and oxygen atoms in total. The van der Waals surface area contributed by atoms with Crippen LogP contribution in [-0.4, -0.2) is 50.0 Å². The average molecular weight is 311 g/mol. The van der Waals surface area contributed by atoms with Crippen molar-refractivity contribution in [1.29, 1.82) is 0 Å². The van der Waals surface area contributed by atoms with Gasteiger partial charge in [-0.15, -0.1) is 0 Å². The molecule has 1 aliphatic rings. The van der Waals surface area contributed by atoms with E-state index in [-0.39, 0.29) is 6.42 Å². The zero-order chi connectivity index (χ0) is 15.8. The highest BCUT2D eigenvalue weighted by atomic mass is 19.4. The Kier molecular flexibility index (Phi) is 4.16. The van der Waals surface area contributed by atoms with E-state index >= 15 is 0 Å². The first-order valence-electron chi connectivity index (χ1n) is 5.94. The molecule has 11 heteroatoms. The molecule has 3 atom stereocenters. The predicted octanol–water partition coefficient (Wildman–Crippen LogP) is -1.32. The van der Waals surface area contributed by atoms with Crippen molar-refractivity contribution in [1.82, 2.24) is 14.8 Å². The highest BCUT2D eigenvalue weighted by molar-refractivity contribution is 4.96. The Bertz CT molecular complexity index is 626. The van der Waals surface area contributed by atoms with Crippen molar-refractivity contribution in [3.63, 3.8) is 0 Å². The van der Waals surface area contributed by atoms with Gasteiger partial charge in [0.2, 0.25) is 0 Å². The van der Waals surface area contributed by atoms with Crippen molar-refractivity contribution in [2.75, 3.05) is 6.61 Å². The van der Waals surface area contributed by atoms with Crippen molar-refractivity contribution in [2.45, 2.75) is 37.5 Å². The topological polar surface area (TPSA) is 117 Å². The summed E-state index contributed by atoms with van der Waals surface area (Å²) >= 11 is 0. The smallest absolute Gasteiger partial charge is 0.394 e. The van der Waals surface area contributed by atoms with E-state index in [1.165, 1.54) is 0 Å². The standard InChI is InChI=1S/C10H12F3N3O5/c11-10(12,13)2-4-8(19)14-9(20)16(15-4)7-1-5(18)6(3-17)21-7/h5-7,17-18H,1-3H2,(H,14,19,20). The molecule has 1 aromatic heterocycles. The number of aromatic nitrogens is 3. The minimum atomic E-state index is -4.66. The van der Waals surface area contributed by atoms with Crippen molar-refractivity contribution in [2.24, 2.45) is 0 Å². The highest BCUT2D eigenvalue weighted by Gasteiger charge is 2.37. The number of aromatic amines is 1. The van der Waals surface area contributed by atoms with Gasteiger partial charge in [0.1, 0.15) is 11.8 Å². The molecule has 0 amide bonds. The molecule has 1 saturated heterocycles. The van der Waals surface area contributed by atoms with Crippen LogP contribution in [0.5, 0.6) is 0 Å². The second-order valence-electron chi connectivity index (χ2n) is 4.56. The van der Waals surface area contributed by atoms with Crippen LogP contribution in [0.25, 0.3) is 0 Å². The van der Waals surface area contributed by atoms with E-state index in [1.807, 2.05) is 0 Å². The third-order valence-electron chi connectivity index (χ3n) is 2.94. The Hall–Kier alpha value is -1.72. The number of rotatable bonds is 3. The molecule has 3 N–H and O–H groups in total. The first-order chi connectivity index (χ1) is 9.71. The molecule has 0 aromatic carbocycles. The minimum Gasteiger partial charge on any atom is -0.394 e. The van der Waals surface area contributed by atoms with Crippen molar-refractivity contribution in [3.8, 4) is 0 Å². The molecule has 0 saturated carbocycles. The zero-order valence-electron chi connectivity index (χ0n) is 10.5. The zero-order valence-corrected chi connectivity index (χ0v) is 10.5. The average Bonchev–Trinajstić information content (AvgIpc) is 2.72. The van der Waals surface area contributed by atoms with E-state index in [4.69, 9.17) is 9.84 Å². The number of H-pyrrole nitrogens is 1. The molecule has 118 valence electrons. The van der Waals surface area contributed by atoms with Crippen LogP contribution in [0.3, 0.4) is 0 Å². The maximum Gasteiger partial charge on any atom is 0.394 e. The Labute approximate surface area is 114 Å². The first kappa shape index (κ1) is 15.7. The number of hydrogen-bond acceptors (Lipinski definition) is 6. The molecular weight excluding hydrogens is 299 g/mol. The predicted molar refractivity (Wildman–Crippen MR) is 60.5 cm³/mol. The molecule has 2 rings (SSSR count). The monoisotopic (exact) mass is 311 g/mol. The summed E-state index contributed by atoms with van der Waals surface area (Å²) in [6, 6.07) is 0. The summed E-state index contributed by atoms with van der Waals surface area (Å²) in [6.45, 7) is -0.523. The molecule has 0 aliphatic carbocycles. The van der Waals surface area contributed by atoms with Gasteiger partial charge in [-0.3, -0.25) is 9.78 Å². The number of alkyl halides is 3. The van der Waals surface area contributed by atoms with Gasteiger partial charge in [-0.2, -0.15) is 23.0 Å². The lowest BCUT2D eigenvalue weighted by molar-refractivity contribution is -0.128. The van der Waals surface area contributed by atoms with Gasteiger partial charge in [-0.1, -0.05) is 0 Å². The van der Waals surface area contributed by atoms with E-state index in [0.717, 1.165) is 0 Å². The molecule has 1 aliphatic heterocycles. The van der Waals surface area contributed by atoms with Gasteiger partial charge in [0, 0.05) is 6.42 Å². The van der Waals surface area contributed by atoms with Gasteiger partial charge in [-0.25, -0.2) is 4.79 Å². The van der Waals surface area contributed by atoms with Crippen molar-refractivity contribution in [3.05, 3.63) is 26.5 Å². The quantitative estimate of drug-likeness (QED) is 0.637. The van der Waals surface area contributed by atoms with E-state index < -0.39 is 54.6 Å². The molecular formula is C10H12F3N3O5. The summed E-state index contributed by atoms with van der Waals surface area (Å²) in [5.74, 6) is 0. The van der Waals surface area contributed by atoms with Crippen LogP contribution in [-0.2, 0) is 11.2 Å². The van der Waals surface area contributed by atoms with Gasteiger partial charge in [-0.05, 0) is 0 Å². The summed E-state index contributed by atoms with van der Waals surface area (Å²) in [4.78, 5) is 24.6. The molecule has 3 unspecified atom stereocenters. The molecule has 1 aromatic rings. The maximum absolute atomic E-state index is 12.3. The Morgan fingerprint density at radius 3 is 2.62 bits per heavy atom. The summed E-state index contributed by atoms with van der Waals surface area (Å²) in [6.07, 6.45) is -9.62. The van der Waals surface area contributed by atoms with Crippen LogP contribution in [0.4, 0.5) is 13.2 Å². The fourth-order valence-corrected chi connectivity index (χ4v) is 1.98. The SMILES string of the molecule is O=c1[nH]c(=O)n(C2CC(O)C(CO)O2)nc1CC(F)(F)F. The minimum absolute atomic E-state index is 0.143. The molecule has 2 heterocycles. The molecule has 1 fully saturated rings. The number of halogens is 3. The first-order valence-corrected chi connectivity index (χ1v) is 5.94. The van der Waals surface area contributed by atoms with Gasteiger partial charge in [0.25, 0.3) is 5.56 Å². The molecule has 0 radical (unpaired) electrons. The number of nitrogens with zero attached hydrogens (tertiary/aromatic N) is 2. The summed E-state index contributed by atoms with van der Waals surface area (Å²) in [5.41, 5.74) is -3.17. The van der Waals surface area contributed by atoms with Crippen LogP contribution in [0.1, 0.15) is 18.3 Å². The number of ether oxygens (including phenoxy) is 1.